The Morgan fingerprint density at radius 1 is 1.16 bits per heavy atom. The molecule has 2 heterocycles. The number of rotatable bonds is 3. The molecule has 8 heteroatoms. The van der Waals surface area contributed by atoms with Gasteiger partial charge in [-0.25, -0.2) is 4.68 Å². The zero-order valence-corrected chi connectivity index (χ0v) is 14.9. The van der Waals surface area contributed by atoms with Gasteiger partial charge in [0.05, 0.1) is 19.2 Å². The summed E-state index contributed by atoms with van der Waals surface area (Å²) in [7, 11) is 1.65. The van der Waals surface area contributed by atoms with E-state index < -0.39 is 0 Å². The molecule has 0 bridgehead atoms. The lowest BCUT2D eigenvalue weighted by atomic mass is 9.93. The molecular weight excluding hydrogens is 361 g/mol. The summed E-state index contributed by atoms with van der Waals surface area (Å²) in [5.41, 5.74) is 2.07. The van der Waals surface area contributed by atoms with Crippen LogP contribution in [-0.2, 0) is 0 Å². The molecular formula is C17H15Cl2N5O. The second-order valence-corrected chi connectivity index (χ2v) is 6.68. The van der Waals surface area contributed by atoms with E-state index in [1.54, 1.807) is 17.9 Å². The molecule has 3 aromatic rings. The maximum Gasteiger partial charge on any atom is 0.243 e. The molecule has 1 aliphatic rings. The highest BCUT2D eigenvalue weighted by Crippen LogP contribution is 2.40. The van der Waals surface area contributed by atoms with Crippen molar-refractivity contribution in [2.24, 2.45) is 0 Å². The fourth-order valence-electron chi connectivity index (χ4n) is 3.12. The summed E-state index contributed by atoms with van der Waals surface area (Å²) in [5, 5.41) is 16.6. The highest BCUT2D eigenvalue weighted by Gasteiger charge is 2.31. The summed E-state index contributed by atoms with van der Waals surface area (Å²) >= 11 is 12.5. The van der Waals surface area contributed by atoms with Crippen LogP contribution in [0.5, 0.6) is 5.75 Å². The first-order chi connectivity index (χ1) is 12.2. The summed E-state index contributed by atoms with van der Waals surface area (Å²) in [6.45, 7) is 0. The van der Waals surface area contributed by atoms with Gasteiger partial charge in [0.2, 0.25) is 5.95 Å². The van der Waals surface area contributed by atoms with Crippen LogP contribution in [-0.4, -0.2) is 27.3 Å². The number of aromatic nitrogens is 4. The van der Waals surface area contributed by atoms with Crippen molar-refractivity contribution in [3.8, 4) is 5.75 Å². The van der Waals surface area contributed by atoms with E-state index in [4.69, 9.17) is 27.9 Å². The smallest absolute Gasteiger partial charge is 0.243 e. The van der Waals surface area contributed by atoms with Crippen LogP contribution in [0.2, 0.25) is 10.0 Å². The highest BCUT2D eigenvalue weighted by molar-refractivity contribution is 6.35. The minimum absolute atomic E-state index is 0.0566. The van der Waals surface area contributed by atoms with E-state index in [1.807, 2.05) is 36.4 Å². The van der Waals surface area contributed by atoms with Gasteiger partial charge in [0.1, 0.15) is 5.75 Å². The van der Waals surface area contributed by atoms with Crippen LogP contribution in [0.4, 0.5) is 5.95 Å². The van der Waals surface area contributed by atoms with Gasteiger partial charge < -0.3 is 10.1 Å². The zero-order valence-electron chi connectivity index (χ0n) is 13.4. The molecule has 128 valence electrons. The predicted octanol–water partition coefficient (Wildman–Crippen LogP) is 4.13. The zero-order chi connectivity index (χ0) is 17.4. The predicted molar refractivity (Wildman–Crippen MR) is 96.4 cm³/mol. The average molecular weight is 376 g/mol. The Morgan fingerprint density at radius 2 is 1.96 bits per heavy atom. The van der Waals surface area contributed by atoms with Gasteiger partial charge >= 0.3 is 0 Å². The van der Waals surface area contributed by atoms with E-state index in [9.17, 15) is 0 Å². The summed E-state index contributed by atoms with van der Waals surface area (Å²) in [6.07, 6.45) is 0.756. The molecule has 0 spiro atoms. The monoisotopic (exact) mass is 375 g/mol. The van der Waals surface area contributed by atoms with E-state index in [0.717, 1.165) is 23.3 Å². The van der Waals surface area contributed by atoms with E-state index in [0.29, 0.717) is 16.0 Å². The quantitative estimate of drug-likeness (QED) is 0.745. The van der Waals surface area contributed by atoms with Gasteiger partial charge in [0, 0.05) is 10.0 Å². The first-order valence-corrected chi connectivity index (χ1v) is 8.54. The number of hydrogen-bond donors (Lipinski definition) is 1. The number of ether oxygens (including phenoxy) is 1. The van der Waals surface area contributed by atoms with Crippen LogP contribution in [0.15, 0.2) is 42.5 Å². The Balaban J connectivity index is 1.72. The molecule has 1 aromatic heterocycles. The molecule has 1 N–H and O–H groups in total. The van der Waals surface area contributed by atoms with Crippen molar-refractivity contribution >= 4 is 29.2 Å². The summed E-state index contributed by atoms with van der Waals surface area (Å²) in [4.78, 5) is 0. The molecule has 0 aliphatic carbocycles. The first kappa shape index (κ1) is 16.2. The average Bonchev–Trinajstić information content (AvgIpc) is 3.10. The molecule has 0 fully saturated rings. The Kier molecular flexibility index (Phi) is 4.23. The maximum atomic E-state index is 6.43. The molecule has 0 unspecified atom stereocenters. The largest absolute Gasteiger partial charge is 0.497 e. The van der Waals surface area contributed by atoms with Crippen LogP contribution in [0.25, 0.3) is 0 Å². The summed E-state index contributed by atoms with van der Waals surface area (Å²) in [5.74, 6) is 1.43. The van der Waals surface area contributed by atoms with Crippen LogP contribution < -0.4 is 10.1 Å². The Labute approximate surface area is 154 Å². The SMILES string of the molecule is COc1ccc([C@@H]2C[C@@H](c3ccc(Cl)cc3Cl)n3nnnc3N2)cc1. The van der Waals surface area contributed by atoms with E-state index >= 15 is 0 Å². The van der Waals surface area contributed by atoms with Gasteiger partial charge in [-0.2, -0.15) is 0 Å². The van der Waals surface area contributed by atoms with Crippen molar-refractivity contribution in [2.45, 2.75) is 18.5 Å². The third-order valence-electron chi connectivity index (χ3n) is 4.39. The van der Waals surface area contributed by atoms with Gasteiger partial charge in [0.25, 0.3) is 0 Å². The van der Waals surface area contributed by atoms with Gasteiger partial charge in [-0.15, -0.1) is 0 Å². The third-order valence-corrected chi connectivity index (χ3v) is 4.95. The van der Waals surface area contributed by atoms with Crippen molar-refractivity contribution in [3.63, 3.8) is 0 Å². The lowest BCUT2D eigenvalue weighted by Gasteiger charge is -2.31. The van der Waals surface area contributed by atoms with Gasteiger partial charge in [-0.1, -0.05) is 46.5 Å². The molecule has 2 atom stereocenters. The number of fused-ring (bicyclic) bond motifs is 1. The molecule has 4 rings (SSSR count). The van der Waals surface area contributed by atoms with E-state index in [1.165, 1.54) is 0 Å². The molecule has 0 amide bonds. The minimum Gasteiger partial charge on any atom is -0.497 e. The number of tetrazole rings is 1. The Morgan fingerprint density at radius 3 is 2.68 bits per heavy atom. The molecule has 0 radical (unpaired) electrons. The number of anilines is 1. The van der Waals surface area contributed by atoms with Crippen molar-refractivity contribution < 1.29 is 4.74 Å². The van der Waals surface area contributed by atoms with E-state index in [-0.39, 0.29) is 12.1 Å². The second kappa shape index (κ2) is 6.54. The van der Waals surface area contributed by atoms with Crippen molar-refractivity contribution in [1.29, 1.82) is 0 Å². The maximum absolute atomic E-state index is 6.43. The van der Waals surface area contributed by atoms with Crippen LogP contribution in [0.1, 0.15) is 29.6 Å². The molecule has 2 aromatic carbocycles. The van der Waals surface area contributed by atoms with Gasteiger partial charge in [0.15, 0.2) is 0 Å². The van der Waals surface area contributed by atoms with Gasteiger partial charge in [-0.05, 0) is 52.2 Å². The Bertz CT molecular complexity index is 896. The van der Waals surface area contributed by atoms with E-state index in [2.05, 4.69) is 20.8 Å². The molecule has 1 aliphatic heterocycles. The van der Waals surface area contributed by atoms with Crippen LogP contribution in [0.3, 0.4) is 0 Å². The third kappa shape index (κ3) is 3.03. The number of halogens is 2. The second-order valence-electron chi connectivity index (χ2n) is 5.83. The lowest BCUT2D eigenvalue weighted by Crippen LogP contribution is -2.28. The first-order valence-electron chi connectivity index (χ1n) is 7.79. The summed E-state index contributed by atoms with van der Waals surface area (Å²) in [6, 6.07) is 13.4. The fourth-order valence-corrected chi connectivity index (χ4v) is 3.66. The number of benzene rings is 2. The molecule has 0 saturated carbocycles. The van der Waals surface area contributed by atoms with Crippen molar-refractivity contribution in [3.05, 3.63) is 63.6 Å². The molecule has 25 heavy (non-hydrogen) atoms. The normalized spacial score (nSPS) is 19.2. The van der Waals surface area contributed by atoms with Gasteiger partial charge in [-0.3, -0.25) is 0 Å². The number of nitrogens with zero attached hydrogens (tertiary/aromatic N) is 4. The van der Waals surface area contributed by atoms with Crippen LogP contribution in [0, 0.1) is 0 Å². The lowest BCUT2D eigenvalue weighted by molar-refractivity contribution is 0.412. The van der Waals surface area contributed by atoms with Crippen molar-refractivity contribution in [2.75, 3.05) is 12.4 Å². The van der Waals surface area contributed by atoms with Crippen molar-refractivity contribution in [1.82, 2.24) is 20.2 Å². The summed E-state index contributed by atoms with van der Waals surface area (Å²) < 4.78 is 6.99. The minimum atomic E-state index is -0.0804. The number of nitrogens with one attached hydrogen (secondary N) is 1. The molecule has 0 saturated heterocycles. The molecule has 6 nitrogen and oxygen atoms in total. The Hall–Kier alpha value is -2.31. The number of methoxy groups -OCH3 is 1. The van der Waals surface area contributed by atoms with Crippen LogP contribution >= 0.6 is 23.2 Å². The topological polar surface area (TPSA) is 64.9 Å². The standard InChI is InChI=1S/C17H15Cl2N5O/c1-25-12-5-2-10(3-6-12)15-9-16(24-17(20-15)21-22-23-24)13-7-4-11(18)8-14(13)19/h2-8,15-16H,9H2,1H3,(H,20,21,23)/t15-,16-/m0/s1. The fraction of sp³-hybridized carbons (Fsp3) is 0.235. The number of hydrogen-bond acceptors (Lipinski definition) is 5. The highest BCUT2D eigenvalue weighted by atomic mass is 35.5.